The molecular formula is C12H18N2O4S. The van der Waals surface area contributed by atoms with Crippen LogP contribution in [0.3, 0.4) is 0 Å². The Morgan fingerprint density at radius 1 is 1.47 bits per heavy atom. The van der Waals surface area contributed by atoms with E-state index < -0.39 is 24.6 Å². The zero-order valence-electron chi connectivity index (χ0n) is 10.8. The molecule has 1 atom stereocenters. The van der Waals surface area contributed by atoms with Crippen molar-refractivity contribution in [2.45, 2.75) is 25.3 Å². The van der Waals surface area contributed by atoms with Gasteiger partial charge in [-0.05, 0) is 11.4 Å². The van der Waals surface area contributed by atoms with Crippen LogP contribution in [0.2, 0.25) is 0 Å². The van der Waals surface area contributed by atoms with Gasteiger partial charge >= 0.3 is 12.0 Å². The third-order valence-electron chi connectivity index (χ3n) is 2.67. The first-order chi connectivity index (χ1) is 8.86. The highest BCUT2D eigenvalue weighted by atomic mass is 32.1. The lowest BCUT2D eigenvalue weighted by Crippen LogP contribution is -2.50. The number of carboxylic acids is 1. The van der Waals surface area contributed by atoms with E-state index in [1.807, 2.05) is 31.4 Å². The van der Waals surface area contributed by atoms with Crippen LogP contribution in [-0.2, 0) is 10.2 Å². The van der Waals surface area contributed by atoms with Crippen LogP contribution in [0.1, 0.15) is 18.7 Å². The number of amides is 2. The van der Waals surface area contributed by atoms with Crippen molar-refractivity contribution in [3.8, 4) is 0 Å². The fourth-order valence-corrected chi connectivity index (χ4v) is 2.30. The molecule has 1 aromatic heterocycles. The van der Waals surface area contributed by atoms with Crippen molar-refractivity contribution in [2.24, 2.45) is 0 Å². The van der Waals surface area contributed by atoms with Crippen molar-refractivity contribution < 1.29 is 19.8 Å². The van der Waals surface area contributed by atoms with Gasteiger partial charge in [-0.15, -0.1) is 11.3 Å². The van der Waals surface area contributed by atoms with Gasteiger partial charge in [-0.3, -0.25) is 0 Å². The maximum Gasteiger partial charge on any atom is 0.328 e. The maximum absolute atomic E-state index is 11.5. The van der Waals surface area contributed by atoms with Gasteiger partial charge in [0.05, 0.1) is 6.61 Å². The van der Waals surface area contributed by atoms with Gasteiger partial charge in [0, 0.05) is 16.8 Å². The van der Waals surface area contributed by atoms with Crippen molar-refractivity contribution in [1.29, 1.82) is 0 Å². The normalized spacial score (nSPS) is 12.8. The molecule has 1 rings (SSSR count). The third kappa shape index (κ3) is 4.53. The van der Waals surface area contributed by atoms with Gasteiger partial charge in [0.25, 0.3) is 0 Å². The number of hydrogen-bond donors (Lipinski definition) is 4. The lowest BCUT2D eigenvalue weighted by atomic mass is 9.91. The number of aliphatic hydroxyl groups is 1. The first kappa shape index (κ1) is 15.5. The largest absolute Gasteiger partial charge is 0.480 e. The average molecular weight is 286 g/mol. The zero-order valence-corrected chi connectivity index (χ0v) is 11.7. The Labute approximate surface area is 115 Å². The number of carbonyl (C=O) groups is 2. The Morgan fingerprint density at radius 3 is 2.63 bits per heavy atom. The van der Waals surface area contributed by atoms with Gasteiger partial charge in [0.1, 0.15) is 0 Å². The minimum absolute atomic E-state index is 0.233. The number of nitrogens with one attached hydrogen (secondary N) is 2. The van der Waals surface area contributed by atoms with Gasteiger partial charge in [0.2, 0.25) is 0 Å². The van der Waals surface area contributed by atoms with E-state index >= 15 is 0 Å². The molecule has 106 valence electrons. The van der Waals surface area contributed by atoms with Crippen molar-refractivity contribution in [3.63, 3.8) is 0 Å². The molecule has 1 aromatic rings. The van der Waals surface area contributed by atoms with Crippen molar-refractivity contribution in [3.05, 3.63) is 22.4 Å². The summed E-state index contributed by atoms with van der Waals surface area (Å²) in [5.41, 5.74) is -0.233. The number of carbonyl (C=O) groups excluding carboxylic acids is 1. The number of aliphatic carboxylic acids is 1. The molecule has 0 radical (unpaired) electrons. The molecule has 0 saturated heterocycles. The Morgan fingerprint density at radius 2 is 2.16 bits per heavy atom. The lowest BCUT2D eigenvalue weighted by molar-refractivity contribution is -0.140. The molecular weight excluding hydrogens is 268 g/mol. The summed E-state index contributed by atoms with van der Waals surface area (Å²) in [5, 5.41) is 24.3. The molecule has 6 nitrogen and oxygen atoms in total. The van der Waals surface area contributed by atoms with Crippen LogP contribution in [0, 0.1) is 0 Å². The topological polar surface area (TPSA) is 98.7 Å². The third-order valence-corrected chi connectivity index (χ3v) is 3.90. The summed E-state index contributed by atoms with van der Waals surface area (Å²) in [6, 6.07) is 2.03. The number of urea groups is 1. The SMILES string of the molecule is CC(C)(CNC(=O)N[C@H](CO)C(=O)O)c1cccs1. The monoisotopic (exact) mass is 286 g/mol. The number of rotatable bonds is 6. The van der Waals surface area contributed by atoms with Crippen LogP contribution >= 0.6 is 11.3 Å². The van der Waals surface area contributed by atoms with Crippen LogP contribution in [0.25, 0.3) is 0 Å². The van der Waals surface area contributed by atoms with Crippen LogP contribution in [0.4, 0.5) is 4.79 Å². The molecule has 2 amide bonds. The van der Waals surface area contributed by atoms with Gasteiger partial charge in [-0.1, -0.05) is 19.9 Å². The fraction of sp³-hybridized carbons (Fsp3) is 0.500. The number of thiophene rings is 1. The Hall–Kier alpha value is -1.60. The maximum atomic E-state index is 11.5. The standard InChI is InChI=1S/C12H18N2O4S/c1-12(2,9-4-3-5-19-9)7-13-11(18)14-8(6-15)10(16)17/h3-5,8,15H,6-7H2,1-2H3,(H,16,17)(H2,13,14,18)/t8-/m1/s1. The second-order valence-electron chi connectivity index (χ2n) is 4.76. The second-order valence-corrected chi connectivity index (χ2v) is 5.71. The predicted octanol–water partition coefficient (Wildman–Crippen LogP) is 0.770. The van der Waals surface area contributed by atoms with Crippen LogP contribution in [0.15, 0.2) is 17.5 Å². The lowest BCUT2D eigenvalue weighted by Gasteiger charge is -2.24. The summed E-state index contributed by atoms with van der Waals surface area (Å²) in [6.07, 6.45) is 0. The minimum Gasteiger partial charge on any atom is -0.480 e. The molecule has 0 aromatic carbocycles. The Balaban J connectivity index is 2.48. The zero-order chi connectivity index (χ0) is 14.5. The predicted molar refractivity (Wildman–Crippen MR) is 72.4 cm³/mol. The van der Waals surface area contributed by atoms with E-state index in [0.717, 1.165) is 4.88 Å². The molecule has 0 saturated carbocycles. The molecule has 19 heavy (non-hydrogen) atoms. The molecule has 4 N–H and O–H groups in total. The van der Waals surface area contributed by atoms with E-state index in [1.54, 1.807) is 11.3 Å². The van der Waals surface area contributed by atoms with Gasteiger partial charge in [0.15, 0.2) is 6.04 Å². The molecule has 0 fully saturated rings. The number of hydrogen-bond acceptors (Lipinski definition) is 4. The molecule has 1 heterocycles. The average Bonchev–Trinajstić information content (AvgIpc) is 2.87. The van der Waals surface area contributed by atoms with Gasteiger partial charge in [-0.25, -0.2) is 9.59 Å². The van der Waals surface area contributed by atoms with Gasteiger partial charge in [-0.2, -0.15) is 0 Å². The van der Waals surface area contributed by atoms with Gasteiger partial charge < -0.3 is 20.8 Å². The highest BCUT2D eigenvalue weighted by Gasteiger charge is 2.24. The quantitative estimate of drug-likeness (QED) is 0.621. The summed E-state index contributed by atoms with van der Waals surface area (Å²) in [4.78, 5) is 23.3. The van der Waals surface area contributed by atoms with E-state index in [-0.39, 0.29) is 5.41 Å². The van der Waals surface area contributed by atoms with Crippen molar-refractivity contribution in [2.75, 3.05) is 13.2 Å². The Kier molecular flexibility index (Phi) is 5.31. The second kappa shape index (κ2) is 6.53. The molecule has 0 aliphatic heterocycles. The Bertz CT molecular complexity index is 431. The van der Waals surface area contributed by atoms with E-state index in [4.69, 9.17) is 10.2 Å². The summed E-state index contributed by atoms with van der Waals surface area (Å²) in [5.74, 6) is -1.27. The van der Waals surface area contributed by atoms with Crippen molar-refractivity contribution >= 4 is 23.3 Å². The minimum atomic E-state index is -1.29. The van der Waals surface area contributed by atoms with Crippen LogP contribution < -0.4 is 10.6 Å². The van der Waals surface area contributed by atoms with E-state index in [0.29, 0.717) is 6.54 Å². The highest BCUT2D eigenvalue weighted by molar-refractivity contribution is 7.10. The molecule has 7 heteroatoms. The molecule has 0 aliphatic rings. The summed E-state index contributed by atoms with van der Waals surface area (Å²) < 4.78 is 0. The fourth-order valence-electron chi connectivity index (χ4n) is 1.45. The summed E-state index contributed by atoms with van der Waals surface area (Å²) in [7, 11) is 0. The van der Waals surface area contributed by atoms with Crippen LogP contribution in [-0.4, -0.2) is 41.4 Å². The smallest absolute Gasteiger partial charge is 0.328 e. The van der Waals surface area contributed by atoms with E-state index in [1.165, 1.54) is 0 Å². The molecule has 0 spiro atoms. The van der Waals surface area contributed by atoms with Crippen LogP contribution in [0.5, 0.6) is 0 Å². The first-order valence-electron chi connectivity index (χ1n) is 5.79. The molecule has 0 bridgehead atoms. The number of aliphatic hydroxyl groups excluding tert-OH is 1. The van der Waals surface area contributed by atoms with E-state index in [2.05, 4.69) is 10.6 Å². The summed E-state index contributed by atoms with van der Waals surface area (Å²) in [6.45, 7) is 3.70. The molecule has 0 aliphatic carbocycles. The number of carboxylic acid groups (broad SMARTS) is 1. The van der Waals surface area contributed by atoms with Crippen molar-refractivity contribution in [1.82, 2.24) is 10.6 Å². The van der Waals surface area contributed by atoms with E-state index in [9.17, 15) is 9.59 Å². The first-order valence-corrected chi connectivity index (χ1v) is 6.67. The highest BCUT2D eigenvalue weighted by Crippen LogP contribution is 2.26. The molecule has 0 unspecified atom stereocenters. The summed E-state index contributed by atoms with van der Waals surface area (Å²) >= 11 is 1.60.